The van der Waals surface area contributed by atoms with E-state index in [1.54, 1.807) is 31.2 Å². The Bertz CT molecular complexity index is 981. The van der Waals surface area contributed by atoms with Crippen LogP contribution in [-0.4, -0.2) is 62.1 Å². The molecule has 12 heteroatoms. The smallest absolute Gasteiger partial charge is 0.378 e. The molecule has 9 nitrogen and oxygen atoms in total. The minimum absolute atomic E-state index is 0.0908. The van der Waals surface area contributed by atoms with Crippen LogP contribution in [-0.2, 0) is 39.8 Å². The number of β-lactam (4-membered cyclic amide) rings is 1. The number of thioether (sulfide) groups is 1. The van der Waals surface area contributed by atoms with Crippen LogP contribution in [0.15, 0.2) is 41.8 Å². The van der Waals surface area contributed by atoms with E-state index in [0.717, 1.165) is 16.7 Å². The van der Waals surface area contributed by atoms with E-state index in [1.165, 1.54) is 11.8 Å². The lowest BCUT2D eigenvalue weighted by molar-refractivity contribution is -0.150. The Morgan fingerprint density at radius 1 is 1.28 bits per heavy atom. The van der Waals surface area contributed by atoms with Gasteiger partial charge in [0, 0.05) is 0 Å². The predicted molar refractivity (Wildman–Crippen MR) is 105 cm³/mol. The highest BCUT2D eigenvalue weighted by atomic mass is 32.2. The van der Waals surface area contributed by atoms with Crippen molar-refractivity contribution >= 4 is 47.7 Å². The largest absolute Gasteiger partial charge is 0.539 e. The quantitative estimate of drug-likeness (QED) is 0.371. The average molecular weight is 436 g/mol. The van der Waals surface area contributed by atoms with E-state index in [9.17, 15) is 22.8 Å². The highest BCUT2D eigenvalue weighted by Gasteiger charge is 2.56. The van der Waals surface area contributed by atoms with Gasteiger partial charge in [-0.1, -0.05) is 30.3 Å². The van der Waals surface area contributed by atoms with E-state index in [0.29, 0.717) is 0 Å². The Labute approximate surface area is 173 Å². The third-order valence-corrected chi connectivity index (χ3v) is 6.16. The molecule has 1 N–H and O–H groups in total. The molecule has 0 aliphatic carbocycles. The summed E-state index contributed by atoms with van der Waals surface area (Å²) in [5, 5.41) is 1.42. The lowest BCUT2D eigenvalue weighted by Crippen LogP contribution is -2.71. The van der Waals surface area contributed by atoms with Gasteiger partial charge in [-0.2, -0.15) is 8.42 Å². The minimum atomic E-state index is -3.96. The molecule has 3 atom stereocenters. The lowest BCUT2D eigenvalue weighted by atomic mass is 10.0. The van der Waals surface area contributed by atoms with E-state index in [-0.39, 0.29) is 23.8 Å². The molecule has 0 unspecified atom stereocenters. The Morgan fingerprint density at radius 3 is 2.52 bits per heavy atom. The van der Waals surface area contributed by atoms with Gasteiger partial charge in [0.2, 0.25) is 5.91 Å². The van der Waals surface area contributed by atoms with E-state index in [2.05, 4.69) is 9.97 Å². The maximum Gasteiger partial charge on any atom is 0.378 e. The number of fused-ring (bicyclic) bond motifs is 1. The average Bonchev–Trinajstić information content (AvgIpc) is 2.66. The van der Waals surface area contributed by atoms with Crippen molar-refractivity contribution in [3.63, 3.8) is 0 Å². The fraction of sp³-hybridized carbons (Fsp3) is 0.353. The Balaban J connectivity index is 1.81. The van der Waals surface area contributed by atoms with Crippen LogP contribution in [0.3, 0.4) is 0 Å². The van der Waals surface area contributed by atoms with Gasteiger partial charge in [-0.25, -0.2) is 4.79 Å². The van der Waals surface area contributed by atoms with Crippen LogP contribution in [0, 0.1) is 0 Å². The molecule has 2 aliphatic rings. The summed E-state index contributed by atoms with van der Waals surface area (Å²) in [6, 6.07) is 8.14. The van der Waals surface area contributed by atoms with Gasteiger partial charge in [0.25, 0.3) is 5.91 Å². The molecular formula is C17H17BN2O7S2. The molecule has 1 aromatic rings. The van der Waals surface area contributed by atoms with Crippen molar-refractivity contribution in [2.75, 3.05) is 6.26 Å². The van der Waals surface area contributed by atoms with Crippen LogP contribution in [0.4, 0.5) is 0 Å². The number of carbonyl (C=O) groups is 3. The molecule has 1 fully saturated rings. The second-order valence-corrected chi connectivity index (χ2v) is 9.53. The summed E-state index contributed by atoms with van der Waals surface area (Å²) in [7, 11) is 0.989. The summed E-state index contributed by atoms with van der Waals surface area (Å²) >= 11 is 1.17. The SMILES string of the molecule is [B]OC(=O)C1=C(OS(C)(=O)=O)[C@H](C)S[C@@H]2[C@H](NC(=O)Cc3ccccc3)C(=O)N12. The summed E-state index contributed by atoms with van der Waals surface area (Å²) in [6.07, 6.45) is 0.910. The van der Waals surface area contributed by atoms with Gasteiger partial charge in [0.05, 0.1) is 17.9 Å². The van der Waals surface area contributed by atoms with E-state index >= 15 is 0 Å². The second-order valence-electron chi connectivity index (χ2n) is 6.49. The molecule has 1 saturated heterocycles. The first-order chi connectivity index (χ1) is 13.6. The second kappa shape index (κ2) is 8.11. The normalized spacial score (nSPS) is 23.7. The number of rotatable bonds is 6. The summed E-state index contributed by atoms with van der Waals surface area (Å²) in [6.45, 7) is 1.61. The van der Waals surface area contributed by atoms with E-state index in [4.69, 9.17) is 12.2 Å². The van der Waals surface area contributed by atoms with Crippen molar-refractivity contribution < 1.29 is 31.6 Å². The van der Waals surface area contributed by atoms with Crippen LogP contribution in [0.1, 0.15) is 12.5 Å². The number of amides is 2. The Hall–Kier alpha value is -2.47. The summed E-state index contributed by atoms with van der Waals surface area (Å²) in [5.74, 6) is -2.30. The number of hydrogen-bond acceptors (Lipinski definition) is 8. The molecule has 0 spiro atoms. The predicted octanol–water partition coefficient (Wildman–Crippen LogP) is -0.168. The number of nitrogens with one attached hydrogen (secondary N) is 1. The van der Waals surface area contributed by atoms with Crippen LogP contribution >= 0.6 is 11.8 Å². The maximum atomic E-state index is 12.6. The minimum Gasteiger partial charge on any atom is -0.539 e. The standard InChI is InChI=1S/C17H17BN2O7S2/c1-9-14(27-29(2,24)25)13(17(23)26-18)20-15(22)12(16(20)28-9)19-11(21)8-10-6-4-3-5-7-10/h3-7,9,12,16H,8H2,1-2H3,(H,19,21)/t9-,12+,16+/m0/s1. The lowest BCUT2D eigenvalue weighted by Gasteiger charge is -2.50. The maximum absolute atomic E-state index is 12.6. The molecule has 0 saturated carbocycles. The van der Waals surface area contributed by atoms with Gasteiger partial charge in [-0.3, -0.25) is 14.5 Å². The summed E-state index contributed by atoms with van der Waals surface area (Å²) in [5.41, 5.74) is 0.405. The van der Waals surface area contributed by atoms with Crippen molar-refractivity contribution in [1.29, 1.82) is 0 Å². The zero-order valence-corrected chi connectivity index (χ0v) is 17.2. The van der Waals surface area contributed by atoms with Gasteiger partial charge in [-0.15, -0.1) is 11.8 Å². The third kappa shape index (κ3) is 4.43. The molecule has 152 valence electrons. The number of nitrogens with zero attached hydrogens (tertiary/aromatic N) is 1. The van der Waals surface area contributed by atoms with Crippen molar-refractivity contribution in [3.8, 4) is 0 Å². The van der Waals surface area contributed by atoms with Gasteiger partial charge in [-0.05, 0) is 12.5 Å². The first-order valence-corrected chi connectivity index (χ1v) is 11.2. The summed E-state index contributed by atoms with van der Waals surface area (Å²) in [4.78, 5) is 38.1. The monoisotopic (exact) mass is 436 g/mol. The van der Waals surface area contributed by atoms with E-state index < -0.39 is 38.7 Å². The van der Waals surface area contributed by atoms with Crippen LogP contribution in [0.25, 0.3) is 0 Å². The number of carbonyl (C=O) groups excluding carboxylic acids is 3. The topological polar surface area (TPSA) is 119 Å². The molecule has 2 aliphatic heterocycles. The highest BCUT2D eigenvalue weighted by Crippen LogP contribution is 2.45. The van der Waals surface area contributed by atoms with Crippen LogP contribution in [0.2, 0.25) is 0 Å². The molecule has 29 heavy (non-hydrogen) atoms. The van der Waals surface area contributed by atoms with Crippen molar-refractivity contribution in [2.45, 2.75) is 30.0 Å². The molecule has 0 aromatic heterocycles. The van der Waals surface area contributed by atoms with Gasteiger partial charge in [0.15, 0.2) is 11.5 Å². The fourth-order valence-corrected chi connectivity index (χ4v) is 5.07. The fourth-order valence-electron chi connectivity index (χ4n) is 3.09. The van der Waals surface area contributed by atoms with Gasteiger partial charge >= 0.3 is 24.1 Å². The molecule has 2 heterocycles. The summed E-state index contributed by atoms with van der Waals surface area (Å²) < 4.78 is 32.3. The number of benzene rings is 1. The molecule has 0 bridgehead atoms. The highest BCUT2D eigenvalue weighted by molar-refractivity contribution is 8.00. The van der Waals surface area contributed by atoms with Crippen molar-refractivity contribution in [1.82, 2.24) is 10.2 Å². The van der Waals surface area contributed by atoms with Gasteiger partial charge < -0.3 is 14.2 Å². The number of hydrogen-bond donors (Lipinski definition) is 1. The first-order valence-electron chi connectivity index (χ1n) is 8.49. The zero-order valence-electron chi connectivity index (χ0n) is 15.5. The van der Waals surface area contributed by atoms with Crippen molar-refractivity contribution in [3.05, 3.63) is 47.4 Å². The first kappa shape index (κ1) is 21.2. The Morgan fingerprint density at radius 2 is 1.93 bits per heavy atom. The zero-order chi connectivity index (χ0) is 21.3. The molecule has 1 aromatic carbocycles. The van der Waals surface area contributed by atoms with Crippen LogP contribution < -0.4 is 5.32 Å². The Kier molecular flexibility index (Phi) is 5.94. The molecular weight excluding hydrogens is 419 g/mol. The van der Waals surface area contributed by atoms with E-state index in [1.807, 2.05) is 6.07 Å². The molecule has 2 amide bonds. The van der Waals surface area contributed by atoms with Crippen LogP contribution in [0.5, 0.6) is 0 Å². The van der Waals surface area contributed by atoms with Crippen molar-refractivity contribution in [2.24, 2.45) is 0 Å². The molecule has 3 rings (SSSR count). The third-order valence-electron chi connectivity index (χ3n) is 4.30. The molecule has 2 radical (unpaired) electrons. The van der Waals surface area contributed by atoms with Gasteiger partial charge in [0.1, 0.15) is 11.4 Å².